The first kappa shape index (κ1) is 16.3. The van der Waals surface area contributed by atoms with Crippen LogP contribution >= 0.6 is 0 Å². The minimum absolute atomic E-state index is 0.942. The number of rotatable bonds is 4. The molecule has 24 heavy (non-hydrogen) atoms. The highest BCUT2D eigenvalue weighted by molar-refractivity contribution is 5.82. The van der Waals surface area contributed by atoms with Crippen LogP contribution in [0.3, 0.4) is 0 Å². The SMILES string of the molecule is Cc1ccc(/C=C(/Cc2ccc(C)cc2)c2ccc(C)cc2)cc1. The summed E-state index contributed by atoms with van der Waals surface area (Å²) in [6, 6.07) is 26.4. The molecule has 0 aliphatic rings. The second kappa shape index (κ2) is 7.31. The van der Waals surface area contributed by atoms with Crippen molar-refractivity contribution in [2.45, 2.75) is 27.2 Å². The second-order valence-electron chi connectivity index (χ2n) is 6.61. The Kier molecular flexibility index (Phi) is 4.96. The molecule has 0 heterocycles. The quantitative estimate of drug-likeness (QED) is 0.489. The summed E-state index contributed by atoms with van der Waals surface area (Å²) in [7, 11) is 0. The lowest BCUT2D eigenvalue weighted by atomic mass is 9.95. The molecular weight excluding hydrogens is 288 g/mol. The second-order valence-corrected chi connectivity index (χ2v) is 6.61. The van der Waals surface area contributed by atoms with Crippen LogP contribution in [0.4, 0.5) is 0 Å². The number of hydrogen-bond acceptors (Lipinski definition) is 0. The van der Waals surface area contributed by atoms with E-state index in [9.17, 15) is 0 Å². The lowest BCUT2D eigenvalue weighted by Gasteiger charge is -2.10. The highest BCUT2D eigenvalue weighted by Gasteiger charge is 2.04. The van der Waals surface area contributed by atoms with E-state index in [2.05, 4.69) is 99.6 Å². The van der Waals surface area contributed by atoms with Crippen LogP contribution in [0.2, 0.25) is 0 Å². The maximum atomic E-state index is 2.31. The zero-order valence-corrected chi connectivity index (χ0v) is 14.7. The Hall–Kier alpha value is -2.60. The molecule has 0 saturated heterocycles. The lowest BCUT2D eigenvalue weighted by Crippen LogP contribution is -1.92. The summed E-state index contributed by atoms with van der Waals surface area (Å²) < 4.78 is 0. The van der Waals surface area contributed by atoms with Crippen molar-refractivity contribution in [3.63, 3.8) is 0 Å². The van der Waals surface area contributed by atoms with Gasteiger partial charge >= 0.3 is 0 Å². The summed E-state index contributed by atoms with van der Waals surface area (Å²) >= 11 is 0. The van der Waals surface area contributed by atoms with Crippen LogP contribution in [0.5, 0.6) is 0 Å². The third kappa shape index (κ3) is 4.23. The monoisotopic (exact) mass is 312 g/mol. The van der Waals surface area contributed by atoms with Crippen LogP contribution in [0, 0.1) is 20.8 Å². The van der Waals surface area contributed by atoms with Gasteiger partial charge in [-0.05, 0) is 49.5 Å². The summed E-state index contributed by atoms with van der Waals surface area (Å²) in [6.07, 6.45) is 3.25. The van der Waals surface area contributed by atoms with Gasteiger partial charge < -0.3 is 0 Å². The van der Waals surface area contributed by atoms with Gasteiger partial charge in [-0.25, -0.2) is 0 Å². The Balaban J connectivity index is 1.97. The molecule has 0 heteroatoms. The van der Waals surface area contributed by atoms with Crippen molar-refractivity contribution in [1.29, 1.82) is 0 Å². The zero-order chi connectivity index (χ0) is 16.9. The summed E-state index contributed by atoms with van der Waals surface area (Å²) in [5.41, 5.74) is 9.14. The summed E-state index contributed by atoms with van der Waals surface area (Å²) in [6.45, 7) is 6.39. The fourth-order valence-corrected chi connectivity index (χ4v) is 2.79. The average Bonchev–Trinajstić information content (AvgIpc) is 2.59. The summed E-state index contributed by atoms with van der Waals surface area (Å²) in [5, 5.41) is 0. The zero-order valence-electron chi connectivity index (χ0n) is 14.7. The van der Waals surface area contributed by atoms with Gasteiger partial charge in [0, 0.05) is 0 Å². The standard InChI is InChI=1S/C24H24/c1-18-4-10-21(11-5-18)16-24(23-14-8-20(3)9-15-23)17-22-12-6-19(2)7-13-22/h4-16H,17H2,1-3H3/b24-16-. The van der Waals surface area contributed by atoms with Gasteiger partial charge in [0.15, 0.2) is 0 Å². The number of allylic oxidation sites excluding steroid dienone is 1. The van der Waals surface area contributed by atoms with Crippen molar-refractivity contribution in [3.8, 4) is 0 Å². The van der Waals surface area contributed by atoms with Crippen LogP contribution in [0.1, 0.15) is 33.4 Å². The normalized spacial score (nSPS) is 11.5. The summed E-state index contributed by atoms with van der Waals surface area (Å²) in [5.74, 6) is 0. The molecule has 0 N–H and O–H groups in total. The highest BCUT2D eigenvalue weighted by Crippen LogP contribution is 2.24. The van der Waals surface area contributed by atoms with Crippen LogP contribution in [-0.4, -0.2) is 0 Å². The molecular formula is C24H24. The van der Waals surface area contributed by atoms with E-state index >= 15 is 0 Å². The maximum absolute atomic E-state index is 2.31. The highest BCUT2D eigenvalue weighted by atomic mass is 14.1. The molecule has 3 aromatic carbocycles. The van der Waals surface area contributed by atoms with Crippen LogP contribution in [0.25, 0.3) is 11.6 Å². The van der Waals surface area contributed by atoms with Gasteiger partial charge in [-0.2, -0.15) is 0 Å². The molecule has 0 saturated carbocycles. The minimum Gasteiger partial charge on any atom is -0.0590 e. The minimum atomic E-state index is 0.942. The van der Waals surface area contributed by atoms with Crippen molar-refractivity contribution >= 4 is 11.6 Å². The van der Waals surface area contributed by atoms with Crippen molar-refractivity contribution in [2.75, 3.05) is 0 Å². The molecule has 120 valence electrons. The first-order chi connectivity index (χ1) is 11.6. The van der Waals surface area contributed by atoms with Crippen molar-refractivity contribution < 1.29 is 0 Å². The molecule has 0 atom stereocenters. The molecule has 0 radical (unpaired) electrons. The maximum Gasteiger partial charge on any atom is -0.00196 e. The summed E-state index contributed by atoms with van der Waals surface area (Å²) in [4.78, 5) is 0. The van der Waals surface area contributed by atoms with Crippen molar-refractivity contribution in [2.24, 2.45) is 0 Å². The van der Waals surface area contributed by atoms with Crippen LogP contribution < -0.4 is 0 Å². The van der Waals surface area contributed by atoms with E-state index in [-0.39, 0.29) is 0 Å². The van der Waals surface area contributed by atoms with E-state index in [1.165, 1.54) is 39.0 Å². The molecule has 0 aromatic heterocycles. The van der Waals surface area contributed by atoms with E-state index in [1.54, 1.807) is 0 Å². The van der Waals surface area contributed by atoms with Gasteiger partial charge in [0.05, 0.1) is 0 Å². The topological polar surface area (TPSA) is 0 Å². The predicted octanol–water partition coefficient (Wildman–Crippen LogP) is 6.40. The Labute approximate surface area is 145 Å². The van der Waals surface area contributed by atoms with Gasteiger partial charge in [0.25, 0.3) is 0 Å². The molecule has 0 unspecified atom stereocenters. The number of benzene rings is 3. The van der Waals surface area contributed by atoms with Crippen LogP contribution in [0.15, 0.2) is 72.8 Å². The predicted molar refractivity (Wildman–Crippen MR) is 105 cm³/mol. The molecule has 0 spiro atoms. The first-order valence-corrected chi connectivity index (χ1v) is 8.50. The number of aryl methyl sites for hydroxylation is 3. The Morgan fingerprint density at radius 1 is 0.625 bits per heavy atom. The Morgan fingerprint density at radius 2 is 1.08 bits per heavy atom. The smallest absolute Gasteiger partial charge is 0.00196 e. The fraction of sp³-hybridized carbons (Fsp3) is 0.167. The van der Waals surface area contributed by atoms with Gasteiger partial charge in [-0.15, -0.1) is 0 Å². The van der Waals surface area contributed by atoms with Gasteiger partial charge in [-0.3, -0.25) is 0 Å². The van der Waals surface area contributed by atoms with E-state index in [1.807, 2.05) is 0 Å². The third-order valence-corrected chi connectivity index (χ3v) is 4.36. The Morgan fingerprint density at radius 3 is 1.62 bits per heavy atom. The third-order valence-electron chi connectivity index (χ3n) is 4.36. The fourth-order valence-electron chi connectivity index (χ4n) is 2.79. The van der Waals surface area contributed by atoms with Gasteiger partial charge in [-0.1, -0.05) is 95.6 Å². The van der Waals surface area contributed by atoms with Gasteiger partial charge in [0.2, 0.25) is 0 Å². The van der Waals surface area contributed by atoms with E-state index < -0.39 is 0 Å². The van der Waals surface area contributed by atoms with Crippen molar-refractivity contribution in [3.05, 3.63) is 106 Å². The van der Waals surface area contributed by atoms with Crippen LogP contribution in [-0.2, 0) is 6.42 Å². The molecule has 0 aliphatic carbocycles. The van der Waals surface area contributed by atoms with Gasteiger partial charge in [0.1, 0.15) is 0 Å². The molecule has 3 aromatic rings. The molecule has 0 aliphatic heterocycles. The first-order valence-electron chi connectivity index (χ1n) is 8.50. The molecule has 0 fully saturated rings. The molecule has 0 nitrogen and oxygen atoms in total. The lowest BCUT2D eigenvalue weighted by molar-refractivity contribution is 1.27. The van der Waals surface area contributed by atoms with E-state index in [4.69, 9.17) is 0 Å². The molecule has 3 rings (SSSR count). The molecule has 0 bridgehead atoms. The van der Waals surface area contributed by atoms with E-state index in [0.29, 0.717) is 0 Å². The number of hydrogen-bond donors (Lipinski definition) is 0. The Bertz CT molecular complexity index is 817. The largest absolute Gasteiger partial charge is 0.0590 e. The molecule has 0 amide bonds. The van der Waals surface area contributed by atoms with Crippen molar-refractivity contribution in [1.82, 2.24) is 0 Å². The average molecular weight is 312 g/mol. The van der Waals surface area contributed by atoms with E-state index in [0.717, 1.165) is 6.42 Å².